The lowest BCUT2D eigenvalue weighted by molar-refractivity contribution is 0.369. The summed E-state index contributed by atoms with van der Waals surface area (Å²) >= 11 is 0. The van der Waals surface area contributed by atoms with Crippen molar-refractivity contribution in [1.29, 1.82) is 0 Å². The number of benzene rings is 1. The zero-order valence-corrected chi connectivity index (χ0v) is 10.1. The molecule has 0 aliphatic carbocycles. The van der Waals surface area contributed by atoms with Gasteiger partial charge in [-0.05, 0) is 36.4 Å². The summed E-state index contributed by atoms with van der Waals surface area (Å²) in [6.45, 7) is 1.99. The second-order valence-electron chi connectivity index (χ2n) is 4.22. The maximum absolute atomic E-state index is 10.5. The quantitative estimate of drug-likeness (QED) is 0.752. The van der Waals surface area contributed by atoms with Gasteiger partial charge < -0.3 is 9.64 Å². The molecule has 1 aliphatic heterocycles. The number of methoxy groups -OCH3 is 1. The van der Waals surface area contributed by atoms with Gasteiger partial charge in [-0.1, -0.05) is 6.08 Å². The lowest BCUT2D eigenvalue weighted by Crippen LogP contribution is -2.23. The van der Waals surface area contributed by atoms with Crippen LogP contribution in [0.15, 0.2) is 29.5 Å². The number of rotatable bonds is 3. The third-order valence-electron chi connectivity index (χ3n) is 3.05. The molecular formula is C13H16N2O2. The fourth-order valence-electron chi connectivity index (χ4n) is 2.02. The maximum atomic E-state index is 10.5. The van der Waals surface area contributed by atoms with E-state index < -0.39 is 0 Å². The number of likely N-dealkylation sites (N-methyl/N-ethyl adjacent to an activating group) is 1. The van der Waals surface area contributed by atoms with Crippen molar-refractivity contribution in [3.63, 3.8) is 0 Å². The number of nitroso groups, excluding NO2 is 1. The van der Waals surface area contributed by atoms with Crippen molar-refractivity contribution < 1.29 is 4.74 Å². The molecule has 0 N–H and O–H groups in total. The Hall–Kier alpha value is -1.68. The Morgan fingerprint density at radius 3 is 2.82 bits per heavy atom. The van der Waals surface area contributed by atoms with E-state index in [1.807, 2.05) is 6.07 Å². The Kier molecular flexibility index (Phi) is 3.54. The molecular weight excluding hydrogens is 216 g/mol. The molecule has 1 aromatic carbocycles. The number of hydrogen-bond acceptors (Lipinski definition) is 4. The zero-order valence-electron chi connectivity index (χ0n) is 10.1. The molecule has 1 aliphatic rings. The molecule has 0 atom stereocenters. The largest absolute Gasteiger partial charge is 0.496 e. The zero-order chi connectivity index (χ0) is 12.3. The molecule has 4 heteroatoms. The van der Waals surface area contributed by atoms with E-state index in [4.69, 9.17) is 4.74 Å². The number of hydrogen-bond donors (Lipinski definition) is 0. The minimum absolute atomic E-state index is 0.402. The number of nitrogens with zero attached hydrogens (tertiary/aromatic N) is 2. The predicted molar refractivity (Wildman–Crippen MR) is 68.5 cm³/mol. The van der Waals surface area contributed by atoms with Crippen LogP contribution < -0.4 is 4.74 Å². The van der Waals surface area contributed by atoms with Crippen molar-refractivity contribution in [2.24, 2.45) is 5.18 Å². The van der Waals surface area contributed by atoms with Crippen LogP contribution in [-0.2, 0) is 0 Å². The van der Waals surface area contributed by atoms with Crippen molar-refractivity contribution in [2.75, 3.05) is 27.2 Å². The Morgan fingerprint density at radius 2 is 2.24 bits per heavy atom. The van der Waals surface area contributed by atoms with E-state index in [1.165, 1.54) is 5.57 Å². The van der Waals surface area contributed by atoms with E-state index in [9.17, 15) is 4.91 Å². The summed E-state index contributed by atoms with van der Waals surface area (Å²) in [6.07, 6.45) is 3.20. The van der Waals surface area contributed by atoms with Gasteiger partial charge in [0, 0.05) is 24.7 Å². The standard InChI is InChI=1S/C13H16N2O2/c1-15-7-5-10(6-8-15)12-4-3-11(14-16)9-13(12)17-2/h3-5,9H,6-8H2,1-2H3. The van der Waals surface area contributed by atoms with Gasteiger partial charge in [0.05, 0.1) is 7.11 Å². The van der Waals surface area contributed by atoms with Gasteiger partial charge in [-0.2, -0.15) is 0 Å². The van der Waals surface area contributed by atoms with Crippen LogP contribution in [0.5, 0.6) is 5.75 Å². The summed E-state index contributed by atoms with van der Waals surface area (Å²) < 4.78 is 5.31. The van der Waals surface area contributed by atoms with E-state index in [-0.39, 0.29) is 0 Å². The number of ether oxygens (including phenoxy) is 1. The average Bonchev–Trinajstić information content (AvgIpc) is 2.39. The Bertz CT molecular complexity index is 455. The van der Waals surface area contributed by atoms with Crippen LogP contribution in [0.25, 0.3) is 5.57 Å². The highest BCUT2D eigenvalue weighted by Gasteiger charge is 2.14. The van der Waals surface area contributed by atoms with Gasteiger partial charge in [0.15, 0.2) is 0 Å². The van der Waals surface area contributed by atoms with Crippen molar-refractivity contribution in [3.8, 4) is 5.75 Å². The maximum Gasteiger partial charge on any atom is 0.128 e. The minimum Gasteiger partial charge on any atom is -0.496 e. The first-order valence-corrected chi connectivity index (χ1v) is 5.64. The third-order valence-corrected chi connectivity index (χ3v) is 3.05. The molecule has 1 heterocycles. The Labute approximate surface area is 101 Å². The molecule has 0 aromatic heterocycles. The summed E-state index contributed by atoms with van der Waals surface area (Å²) in [5, 5.41) is 2.92. The molecule has 0 bridgehead atoms. The molecule has 17 heavy (non-hydrogen) atoms. The summed E-state index contributed by atoms with van der Waals surface area (Å²) in [7, 11) is 3.72. The fourth-order valence-corrected chi connectivity index (χ4v) is 2.02. The second-order valence-corrected chi connectivity index (χ2v) is 4.22. The fraction of sp³-hybridized carbons (Fsp3) is 0.385. The van der Waals surface area contributed by atoms with Crippen molar-refractivity contribution >= 4 is 11.3 Å². The molecule has 0 saturated heterocycles. The molecule has 0 amide bonds. The summed E-state index contributed by atoms with van der Waals surface area (Å²) in [5.41, 5.74) is 2.74. The van der Waals surface area contributed by atoms with E-state index in [0.717, 1.165) is 30.8 Å². The average molecular weight is 232 g/mol. The smallest absolute Gasteiger partial charge is 0.128 e. The molecule has 2 rings (SSSR count). The van der Waals surface area contributed by atoms with Gasteiger partial charge in [-0.3, -0.25) is 0 Å². The van der Waals surface area contributed by atoms with Gasteiger partial charge in [0.25, 0.3) is 0 Å². The summed E-state index contributed by atoms with van der Waals surface area (Å²) in [6, 6.07) is 5.32. The van der Waals surface area contributed by atoms with Crippen LogP contribution in [0.1, 0.15) is 12.0 Å². The van der Waals surface area contributed by atoms with Crippen LogP contribution >= 0.6 is 0 Å². The highest BCUT2D eigenvalue weighted by molar-refractivity contribution is 5.73. The van der Waals surface area contributed by atoms with Gasteiger partial charge in [-0.15, -0.1) is 4.91 Å². The van der Waals surface area contributed by atoms with Crippen molar-refractivity contribution in [1.82, 2.24) is 4.90 Å². The molecule has 0 unspecified atom stereocenters. The first kappa shape index (κ1) is 11.8. The Balaban J connectivity index is 2.35. The van der Waals surface area contributed by atoms with Crippen molar-refractivity contribution in [2.45, 2.75) is 6.42 Å². The molecule has 0 spiro atoms. The van der Waals surface area contributed by atoms with Gasteiger partial charge >= 0.3 is 0 Å². The van der Waals surface area contributed by atoms with Crippen LogP contribution in [0.4, 0.5) is 5.69 Å². The highest BCUT2D eigenvalue weighted by Crippen LogP contribution is 2.32. The van der Waals surface area contributed by atoms with Crippen LogP contribution in [0, 0.1) is 4.91 Å². The first-order chi connectivity index (χ1) is 8.24. The van der Waals surface area contributed by atoms with Gasteiger partial charge in [0.1, 0.15) is 11.4 Å². The van der Waals surface area contributed by atoms with Crippen LogP contribution in [-0.4, -0.2) is 32.1 Å². The van der Waals surface area contributed by atoms with Crippen LogP contribution in [0.2, 0.25) is 0 Å². The first-order valence-electron chi connectivity index (χ1n) is 5.64. The van der Waals surface area contributed by atoms with E-state index in [1.54, 1.807) is 19.2 Å². The Morgan fingerprint density at radius 1 is 1.41 bits per heavy atom. The highest BCUT2D eigenvalue weighted by atomic mass is 16.5. The molecule has 0 saturated carbocycles. The van der Waals surface area contributed by atoms with Crippen molar-refractivity contribution in [3.05, 3.63) is 34.7 Å². The summed E-state index contributed by atoms with van der Waals surface area (Å²) in [5.74, 6) is 0.720. The summed E-state index contributed by atoms with van der Waals surface area (Å²) in [4.78, 5) is 12.7. The molecule has 0 radical (unpaired) electrons. The normalized spacial score (nSPS) is 16.5. The molecule has 90 valence electrons. The van der Waals surface area contributed by atoms with Crippen LogP contribution in [0.3, 0.4) is 0 Å². The van der Waals surface area contributed by atoms with E-state index >= 15 is 0 Å². The third kappa shape index (κ3) is 2.53. The molecule has 4 nitrogen and oxygen atoms in total. The topological polar surface area (TPSA) is 41.9 Å². The minimum atomic E-state index is 0.402. The second kappa shape index (κ2) is 5.10. The monoisotopic (exact) mass is 232 g/mol. The van der Waals surface area contributed by atoms with E-state index in [0.29, 0.717) is 5.69 Å². The lowest BCUT2D eigenvalue weighted by Gasteiger charge is -2.23. The lowest BCUT2D eigenvalue weighted by atomic mass is 9.98. The predicted octanol–water partition coefficient (Wildman–Crippen LogP) is 2.81. The molecule has 0 fully saturated rings. The molecule has 1 aromatic rings. The van der Waals surface area contributed by atoms with Gasteiger partial charge in [-0.25, -0.2) is 0 Å². The van der Waals surface area contributed by atoms with E-state index in [2.05, 4.69) is 23.2 Å². The van der Waals surface area contributed by atoms with Gasteiger partial charge in [0.2, 0.25) is 0 Å². The SMILES string of the molecule is COc1cc(N=O)ccc1C1=CCN(C)CC1.